The Morgan fingerprint density at radius 1 is 1.55 bits per heavy atom. The van der Waals surface area contributed by atoms with Crippen LogP contribution in [0.3, 0.4) is 0 Å². The van der Waals surface area contributed by atoms with Crippen molar-refractivity contribution in [2.45, 2.75) is 10.9 Å². The SMILES string of the molecule is O=C(OCC(O)CO)C(Cl)Cl. The quantitative estimate of drug-likeness (QED) is 0.485. The molecular formula is C5H8Cl2O4. The molecule has 0 fully saturated rings. The van der Waals surface area contributed by atoms with Crippen LogP contribution in [0.2, 0.25) is 0 Å². The largest absolute Gasteiger partial charge is 0.461 e. The molecule has 6 heteroatoms. The van der Waals surface area contributed by atoms with Gasteiger partial charge in [0.1, 0.15) is 12.7 Å². The average molecular weight is 203 g/mol. The van der Waals surface area contributed by atoms with Crippen molar-refractivity contribution in [3.05, 3.63) is 0 Å². The van der Waals surface area contributed by atoms with E-state index in [1.807, 2.05) is 0 Å². The van der Waals surface area contributed by atoms with Crippen molar-refractivity contribution >= 4 is 29.2 Å². The highest BCUT2D eigenvalue weighted by atomic mass is 35.5. The van der Waals surface area contributed by atoms with E-state index in [1.165, 1.54) is 0 Å². The second-order valence-corrected chi connectivity index (χ2v) is 2.86. The van der Waals surface area contributed by atoms with Crippen LogP contribution >= 0.6 is 23.2 Å². The molecule has 11 heavy (non-hydrogen) atoms. The van der Waals surface area contributed by atoms with E-state index in [4.69, 9.17) is 33.4 Å². The van der Waals surface area contributed by atoms with Crippen LogP contribution in [0, 0.1) is 0 Å². The topological polar surface area (TPSA) is 66.8 Å². The van der Waals surface area contributed by atoms with Gasteiger partial charge in [0.2, 0.25) is 4.84 Å². The molecule has 0 heterocycles. The van der Waals surface area contributed by atoms with Crippen LogP contribution in [0.5, 0.6) is 0 Å². The van der Waals surface area contributed by atoms with Crippen LogP contribution in [0.1, 0.15) is 0 Å². The predicted molar refractivity (Wildman–Crippen MR) is 39.5 cm³/mol. The number of rotatable bonds is 4. The van der Waals surface area contributed by atoms with Gasteiger partial charge in [-0.25, -0.2) is 4.79 Å². The minimum atomic E-state index is -1.25. The first-order valence-electron chi connectivity index (χ1n) is 2.81. The highest BCUT2D eigenvalue weighted by molar-refractivity contribution is 6.52. The number of aliphatic hydroxyl groups excluding tert-OH is 2. The first-order valence-corrected chi connectivity index (χ1v) is 3.69. The van der Waals surface area contributed by atoms with Crippen LogP contribution in [0.15, 0.2) is 0 Å². The molecule has 0 spiro atoms. The van der Waals surface area contributed by atoms with Crippen LogP contribution in [-0.2, 0) is 9.53 Å². The van der Waals surface area contributed by atoms with Gasteiger partial charge in [-0.05, 0) is 0 Å². The highest BCUT2D eigenvalue weighted by Crippen LogP contribution is 2.03. The van der Waals surface area contributed by atoms with E-state index in [9.17, 15) is 4.79 Å². The molecule has 0 saturated heterocycles. The maximum Gasteiger partial charge on any atom is 0.339 e. The molecule has 0 radical (unpaired) electrons. The number of carbonyl (C=O) groups excluding carboxylic acids is 1. The summed E-state index contributed by atoms with van der Waals surface area (Å²) in [5.74, 6) is -0.833. The normalized spacial score (nSPS) is 13.2. The van der Waals surface area contributed by atoms with E-state index in [0.717, 1.165) is 0 Å². The summed E-state index contributed by atoms with van der Waals surface area (Å²) >= 11 is 10.2. The van der Waals surface area contributed by atoms with E-state index in [0.29, 0.717) is 0 Å². The molecule has 0 saturated carbocycles. The van der Waals surface area contributed by atoms with Crippen molar-refractivity contribution in [1.82, 2.24) is 0 Å². The number of carbonyl (C=O) groups is 1. The fraction of sp³-hybridized carbons (Fsp3) is 0.800. The van der Waals surface area contributed by atoms with E-state index in [1.54, 1.807) is 0 Å². The van der Waals surface area contributed by atoms with E-state index in [-0.39, 0.29) is 6.61 Å². The molecule has 0 aromatic carbocycles. The van der Waals surface area contributed by atoms with Crippen LogP contribution in [0.4, 0.5) is 0 Å². The third-order valence-electron chi connectivity index (χ3n) is 0.807. The summed E-state index contributed by atoms with van der Waals surface area (Å²) < 4.78 is 4.34. The number of esters is 1. The zero-order valence-electron chi connectivity index (χ0n) is 5.54. The number of ether oxygens (including phenoxy) is 1. The first kappa shape index (κ1) is 11.0. The van der Waals surface area contributed by atoms with Crippen molar-refractivity contribution in [2.24, 2.45) is 0 Å². The number of aliphatic hydroxyl groups is 2. The van der Waals surface area contributed by atoms with Crippen molar-refractivity contribution in [3.63, 3.8) is 0 Å². The molecule has 0 aromatic heterocycles. The monoisotopic (exact) mass is 202 g/mol. The van der Waals surface area contributed by atoms with Crippen molar-refractivity contribution in [2.75, 3.05) is 13.2 Å². The molecule has 66 valence electrons. The molecule has 0 aliphatic carbocycles. The summed E-state index contributed by atoms with van der Waals surface area (Å²) in [5, 5.41) is 17.0. The summed E-state index contributed by atoms with van der Waals surface area (Å²) in [6.45, 7) is -0.770. The minimum absolute atomic E-state index is 0.300. The van der Waals surface area contributed by atoms with Gasteiger partial charge in [0, 0.05) is 0 Å². The van der Waals surface area contributed by atoms with E-state index >= 15 is 0 Å². The van der Waals surface area contributed by atoms with Gasteiger partial charge < -0.3 is 14.9 Å². The molecule has 0 aliphatic rings. The summed E-state index contributed by atoms with van der Waals surface area (Å²) in [6.07, 6.45) is -1.08. The first-order chi connectivity index (χ1) is 5.07. The standard InChI is InChI=1S/C5H8Cl2O4/c6-4(7)5(10)11-2-3(9)1-8/h3-4,8-9H,1-2H2. The van der Waals surface area contributed by atoms with Crippen LogP contribution in [-0.4, -0.2) is 40.3 Å². The van der Waals surface area contributed by atoms with Gasteiger partial charge >= 0.3 is 5.97 Å². The Hall–Kier alpha value is -0.0300. The average Bonchev–Trinajstić information content (AvgIpc) is 1.99. The minimum Gasteiger partial charge on any atom is -0.461 e. The number of halogens is 2. The van der Waals surface area contributed by atoms with E-state index < -0.39 is 23.5 Å². The maximum absolute atomic E-state index is 10.5. The Morgan fingerprint density at radius 2 is 2.09 bits per heavy atom. The number of hydrogen-bond acceptors (Lipinski definition) is 4. The Labute approximate surface area is 73.7 Å². The molecule has 2 N–H and O–H groups in total. The lowest BCUT2D eigenvalue weighted by molar-refractivity contribution is -0.145. The van der Waals surface area contributed by atoms with Gasteiger partial charge in [-0.1, -0.05) is 23.2 Å². The predicted octanol–water partition coefficient (Wildman–Crippen LogP) is -0.314. The Bertz CT molecular complexity index is 128. The zero-order chi connectivity index (χ0) is 8.85. The van der Waals surface area contributed by atoms with Crippen LogP contribution < -0.4 is 0 Å². The third-order valence-corrected chi connectivity index (χ3v) is 1.16. The fourth-order valence-electron chi connectivity index (χ4n) is 0.294. The van der Waals surface area contributed by atoms with Gasteiger partial charge in [0.05, 0.1) is 6.61 Å². The molecule has 0 amide bonds. The highest BCUT2D eigenvalue weighted by Gasteiger charge is 2.14. The van der Waals surface area contributed by atoms with E-state index in [2.05, 4.69) is 4.74 Å². The van der Waals surface area contributed by atoms with Gasteiger partial charge in [-0.15, -0.1) is 0 Å². The molecular weight excluding hydrogens is 195 g/mol. The summed E-state index contributed by atoms with van der Waals surface area (Å²) in [5.41, 5.74) is 0. The molecule has 0 bridgehead atoms. The second kappa shape index (κ2) is 5.60. The van der Waals surface area contributed by atoms with Gasteiger partial charge in [-0.3, -0.25) is 0 Å². The lowest BCUT2D eigenvalue weighted by Gasteiger charge is -2.07. The summed E-state index contributed by atoms with van der Waals surface area (Å²) in [7, 11) is 0. The van der Waals surface area contributed by atoms with Gasteiger partial charge in [-0.2, -0.15) is 0 Å². The lowest BCUT2D eigenvalue weighted by atomic mass is 10.4. The third kappa shape index (κ3) is 5.26. The number of hydrogen-bond donors (Lipinski definition) is 2. The summed E-state index contributed by atoms with van der Waals surface area (Å²) in [6, 6.07) is 0. The molecule has 1 unspecified atom stereocenters. The molecule has 0 aliphatic heterocycles. The smallest absolute Gasteiger partial charge is 0.339 e. The number of alkyl halides is 2. The zero-order valence-corrected chi connectivity index (χ0v) is 7.05. The van der Waals surface area contributed by atoms with Gasteiger partial charge in [0.15, 0.2) is 0 Å². The van der Waals surface area contributed by atoms with Crippen LogP contribution in [0.25, 0.3) is 0 Å². The van der Waals surface area contributed by atoms with Crippen molar-refractivity contribution < 1.29 is 19.7 Å². The summed E-state index contributed by atoms with van der Waals surface area (Å²) in [4.78, 5) is 9.24. The van der Waals surface area contributed by atoms with Crippen molar-refractivity contribution in [1.29, 1.82) is 0 Å². The van der Waals surface area contributed by atoms with Crippen molar-refractivity contribution in [3.8, 4) is 0 Å². The molecule has 4 nitrogen and oxygen atoms in total. The molecule has 0 aromatic rings. The maximum atomic E-state index is 10.5. The Kier molecular flexibility index (Phi) is 5.58. The molecule has 0 rings (SSSR count). The van der Waals surface area contributed by atoms with Gasteiger partial charge in [0.25, 0.3) is 0 Å². The Balaban J connectivity index is 3.46. The second-order valence-electron chi connectivity index (χ2n) is 1.77. The molecule has 1 atom stereocenters. The fourth-order valence-corrected chi connectivity index (χ4v) is 0.420. The Morgan fingerprint density at radius 3 is 2.45 bits per heavy atom. The lowest BCUT2D eigenvalue weighted by Crippen LogP contribution is -2.24.